The van der Waals surface area contributed by atoms with Crippen LogP contribution >= 0.6 is 0 Å². The fourth-order valence-corrected chi connectivity index (χ4v) is 3.00. The van der Waals surface area contributed by atoms with E-state index in [1.54, 1.807) is 6.92 Å². The molecule has 18 heavy (non-hydrogen) atoms. The zero-order valence-electron chi connectivity index (χ0n) is 10.8. The first kappa shape index (κ1) is 11.7. The zero-order valence-corrected chi connectivity index (χ0v) is 10.8. The van der Waals surface area contributed by atoms with Gasteiger partial charge >= 0.3 is 0 Å². The van der Waals surface area contributed by atoms with Crippen molar-refractivity contribution >= 4 is 5.91 Å². The van der Waals surface area contributed by atoms with E-state index in [9.17, 15) is 4.79 Å². The highest BCUT2D eigenvalue weighted by Crippen LogP contribution is 2.22. The van der Waals surface area contributed by atoms with Gasteiger partial charge < -0.3 is 9.32 Å². The molecule has 5 nitrogen and oxygen atoms in total. The molecule has 2 aliphatic rings. The Bertz CT molecular complexity index is 443. The van der Waals surface area contributed by atoms with Crippen molar-refractivity contribution in [3.63, 3.8) is 0 Å². The fraction of sp³-hybridized carbons (Fsp3) is 0.692. The first-order valence-corrected chi connectivity index (χ1v) is 6.69. The third-order valence-corrected chi connectivity index (χ3v) is 4.07. The summed E-state index contributed by atoms with van der Waals surface area (Å²) in [7, 11) is 0. The SMILES string of the molecule is Cc1ocnc1C(=O)N1CCN2CCCCC2C1. The molecule has 1 aromatic rings. The van der Waals surface area contributed by atoms with Crippen LogP contribution in [0, 0.1) is 6.92 Å². The van der Waals surface area contributed by atoms with Crippen LogP contribution in [0.15, 0.2) is 10.8 Å². The van der Waals surface area contributed by atoms with Crippen molar-refractivity contribution < 1.29 is 9.21 Å². The smallest absolute Gasteiger partial charge is 0.276 e. The Morgan fingerprint density at radius 1 is 1.39 bits per heavy atom. The maximum atomic E-state index is 12.3. The average molecular weight is 249 g/mol. The molecule has 0 aromatic carbocycles. The van der Waals surface area contributed by atoms with Crippen LogP contribution in [-0.4, -0.2) is 52.9 Å². The van der Waals surface area contributed by atoms with Crippen molar-refractivity contribution in [2.45, 2.75) is 32.2 Å². The number of piperazine rings is 1. The van der Waals surface area contributed by atoms with Gasteiger partial charge in [-0.15, -0.1) is 0 Å². The van der Waals surface area contributed by atoms with Crippen molar-refractivity contribution in [2.75, 3.05) is 26.2 Å². The number of hydrogen-bond donors (Lipinski definition) is 0. The number of carbonyl (C=O) groups excluding carboxylic acids is 1. The van der Waals surface area contributed by atoms with Crippen molar-refractivity contribution in [1.29, 1.82) is 0 Å². The molecule has 1 amide bonds. The van der Waals surface area contributed by atoms with Gasteiger partial charge in [-0.2, -0.15) is 0 Å². The highest BCUT2D eigenvalue weighted by molar-refractivity contribution is 5.93. The van der Waals surface area contributed by atoms with E-state index in [-0.39, 0.29) is 5.91 Å². The topological polar surface area (TPSA) is 49.6 Å². The van der Waals surface area contributed by atoms with E-state index in [1.807, 2.05) is 4.90 Å². The molecule has 2 saturated heterocycles. The van der Waals surface area contributed by atoms with Crippen LogP contribution in [0.1, 0.15) is 35.5 Å². The molecular formula is C13H19N3O2. The minimum absolute atomic E-state index is 0.0199. The molecule has 0 bridgehead atoms. The summed E-state index contributed by atoms with van der Waals surface area (Å²) in [5.41, 5.74) is 0.472. The van der Waals surface area contributed by atoms with Gasteiger partial charge in [0.05, 0.1) is 0 Å². The van der Waals surface area contributed by atoms with Crippen molar-refractivity contribution in [3.8, 4) is 0 Å². The van der Waals surface area contributed by atoms with Gasteiger partial charge in [-0.1, -0.05) is 6.42 Å². The molecule has 3 rings (SSSR count). The minimum atomic E-state index is 0.0199. The van der Waals surface area contributed by atoms with Gasteiger partial charge in [0.2, 0.25) is 0 Å². The Hall–Kier alpha value is -1.36. The fourth-order valence-electron chi connectivity index (χ4n) is 3.00. The standard InChI is InChI=1S/C13H19N3O2/c1-10-12(14-9-18-10)13(17)16-7-6-15-5-3-2-4-11(15)8-16/h9,11H,2-8H2,1H3. The molecule has 98 valence electrons. The van der Waals surface area contributed by atoms with E-state index in [2.05, 4.69) is 9.88 Å². The van der Waals surface area contributed by atoms with Crippen LogP contribution in [0.5, 0.6) is 0 Å². The highest BCUT2D eigenvalue weighted by Gasteiger charge is 2.32. The molecule has 0 N–H and O–H groups in total. The molecule has 1 atom stereocenters. The Balaban J connectivity index is 1.70. The Labute approximate surface area is 107 Å². The number of carbonyl (C=O) groups is 1. The van der Waals surface area contributed by atoms with Crippen molar-refractivity contribution in [2.24, 2.45) is 0 Å². The van der Waals surface area contributed by atoms with E-state index < -0.39 is 0 Å². The Morgan fingerprint density at radius 3 is 3.06 bits per heavy atom. The second-order valence-electron chi connectivity index (χ2n) is 5.19. The summed E-state index contributed by atoms with van der Waals surface area (Å²) in [6, 6.07) is 0.545. The quantitative estimate of drug-likeness (QED) is 0.752. The molecule has 0 radical (unpaired) electrons. The van der Waals surface area contributed by atoms with E-state index in [4.69, 9.17) is 4.42 Å². The summed E-state index contributed by atoms with van der Waals surface area (Å²) >= 11 is 0. The largest absolute Gasteiger partial charge is 0.448 e. The van der Waals surface area contributed by atoms with Gasteiger partial charge in [0.15, 0.2) is 12.1 Å². The zero-order chi connectivity index (χ0) is 12.5. The van der Waals surface area contributed by atoms with Gasteiger partial charge in [-0.3, -0.25) is 9.69 Å². The van der Waals surface area contributed by atoms with Gasteiger partial charge in [0.1, 0.15) is 5.76 Å². The second kappa shape index (κ2) is 4.72. The monoisotopic (exact) mass is 249 g/mol. The Morgan fingerprint density at radius 2 is 2.28 bits per heavy atom. The number of oxazole rings is 1. The molecule has 2 aliphatic heterocycles. The number of rotatable bonds is 1. The maximum Gasteiger partial charge on any atom is 0.276 e. The number of hydrogen-bond acceptors (Lipinski definition) is 4. The second-order valence-corrected chi connectivity index (χ2v) is 5.19. The van der Waals surface area contributed by atoms with Gasteiger partial charge in [-0.25, -0.2) is 4.98 Å². The number of aryl methyl sites for hydroxylation is 1. The summed E-state index contributed by atoms with van der Waals surface area (Å²) in [4.78, 5) is 20.8. The average Bonchev–Trinajstić information content (AvgIpc) is 2.83. The van der Waals surface area contributed by atoms with Crippen LogP contribution in [0.25, 0.3) is 0 Å². The summed E-state index contributed by atoms with van der Waals surface area (Å²) < 4.78 is 5.11. The third kappa shape index (κ3) is 2.03. The Kier molecular flexibility index (Phi) is 3.07. The first-order chi connectivity index (χ1) is 8.75. The molecule has 5 heteroatoms. The lowest BCUT2D eigenvalue weighted by atomic mass is 9.99. The van der Waals surface area contributed by atoms with E-state index in [1.165, 1.54) is 32.2 Å². The summed E-state index contributed by atoms with van der Waals surface area (Å²) in [5, 5.41) is 0. The lowest BCUT2D eigenvalue weighted by Crippen LogP contribution is -2.56. The third-order valence-electron chi connectivity index (χ3n) is 4.07. The van der Waals surface area contributed by atoms with E-state index >= 15 is 0 Å². The molecule has 2 fully saturated rings. The van der Waals surface area contributed by atoms with Crippen LogP contribution in [-0.2, 0) is 0 Å². The number of piperidine rings is 1. The number of aromatic nitrogens is 1. The number of nitrogens with zero attached hydrogens (tertiary/aromatic N) is 3. The predicted molar refractivity (Wildman–Crippen MR) is 66.4 cm³/mol. The van der Waals surface area contributed by atoms with Gasteiger partial charge in [0, 0.05) is 25.7 Å². The number of fused-ring (bicyclic) bond motifs is 1. The summed E-state index contributed by atoms with van der Waals surface area (Å²) in [5.74, 6) is 0.637. The van der Waals surface area contributed by atoms with Crippen molar-refractivity contribution in [3.05, 3.63) is 17.8 Å². The van der Waals surface area contributed by atoms with E-state index in [0.717, 1.165) is 19.6 Å². The normalized spacial score (nSPS) is 24.9. The molecule has 1 unspecified atom stereocenters. The van der Waals surface area contributed by atoms with Crippen LogP contribution in [0.2, 0.25) is 0 Å². The van der Waals surface area contributed by atoms with Crippen LogP contribution < -0.4 is 0 Å². The lowest BCUT2D eigenvalue weighted by molar-refractivity contribution is 0.0367. The maximum absolute atomic E-state index is 12.3. The van der Waals surface area contributed by atoms with Crippen molar-refractivity contribution in [1.82, 2.24) is 14.8 Å². The first-order valence-electron chi connectivity index (χ1n) is 6.69. The molecule has 0 spiro atoms. The molecule has 3 heterocycles. The molecular weight excluding hydrogens is 230 g/mol. The highest BCUT2D eigenvalue weighted by atomic mass is 16.3. The van der Waals surface area contributed by atoms with Crippen LogP contribution in [0.4, 0.5) is 0 Å². The van der Waals surface area contributed by atoms with Gasteiger partial charge in [0.25, 0.3) is 5.91 Å². The van der Waals surface area contributed by atoms with Crippen LogP contribution in [0.3, 0.4) is 0 Å². The lowest BCUT2D eigenvalue weighted by Gasteiger charge is -2.43. The minimum Gasteiger partial charge on any atom is -0.448 e. The molecule has 0 aliphatic carbocycles. The van der Waals surface area contributed by atoms with E-state index in [0.29, 0.717) is 17.5 Å². The number of amides is 1. The molecule has 0 saturated carbocycles. The summed E-state index contributed by atoms with van der Waals surface area (Å²) in [6.45, 7) is 5.62. The van der Waals surface area contributed by atoms with Gasteiger partial charge in [-0.05, 0) is 26.3 Å². The summed E-state index contributed by atoms with van der Waals surface area (Å²) in [6.07, 6.45) is 5.14. The molecule has 1 aromatic heterocycles. The predicted octanol–water partition coefficient (Wildman–Crippen LogP) is 1.29.